The number of ether oxygens (including phenoxy) is 1. The largest absolute Gasteiger partial charge is 0.374 e. The predicted molar refractivity (Wildman–Crippen MR) is 72.6 cm³/mol. The van der Waals surface area contributed by atoms with Gasteiger partial charge in [-0.25, -0.2) is 4.79 Å². The molecule has 102 valence electrons. The molecule has 0 aromatic heterocycles. The molecule has 0 spiro atoms. The SMILES string of the molecule is C=CCOC1CCN(OC(=O)c2ccccc2)CC1. The number of hydroxylamine groups is 2. The molecule has 0 radical (unpaired) electrons. The van der Waals surface area contributed by atoms with Crippen LogP contribution < -0.4 is 0 Å². The van der Waals surface area contributed by atoms with Gasteiger partial charge in [0.05, 0.1) is 18.3 Å². The number of hydrogen-bond donors (Lipinski definition) is 0. The molecule has 4 nitrogen and oxygen atoms in total. The van der Waals surface area contributed by atoms with E-state index in [1.807, 2.05) is 18.2 Å². The van der Waals surface area contributed by atoms with Gasteiger partial charge in [0.15, 0.2) is 0 Å². The maximum Gasteiger partial charge on any atom is 0.357 e. The van der Waals surface area contributed by atoms with Gasteiger partial charge >= 0.3 is 5.97 Å². The first-order valence-electron chi connectivity index (χ1n) is 6.54. The van der Waals surface area contributed by atoms with E-state index in [0.29, 0.717) is 25.3 Å². The van der Waals surface area contributed by atoms with Crippen LogP contribution in [0.25, 0.3) is 0 Å². The summed E-state index contributed by atoms with van der Waals surface area (Å²) in [5.74, 6) is -0.300. The summed E-state index contributed by atoms with van der Waals surface area (Å²) in [5.41, 5.74) is 0.576. The highest BCUT2D eigenvalue weighted by Gasteiger charge is 2.22. The molecule has 0 N–H and O–H groups in total. The fraction of sp³-hybridized carbons (Fsp3) is 0.400. The third-order valence-electron chi connectivity index (χ3n) is 3.07. The zero-order valence-corrected chi connectivity index (χ0v) is 11.0. The molecule has 4 heteroatoms. The Morgan fingerprint density at radius 1 is 1.32 bits per heavy atom. The molecule has 2 rings (SSSR count). The number of carbonyl (C=O) groups is 1. The molecule has 0 amide bonds. The van der Waals surface area contributed by atoms with E-state index in [9.17, 15) is 4.79 Å². The van der Waals surface area contributed by atoms with E-state index in [1.54, 1.807) is 23.3 Å². The molecule has 0 bridgehead atoms. The molecule has 0 atom stereocenters. The van der Waals surface area contributed by atoms with Gasteiger partial charge in [0, 0.05) is 13.1 Å². The highest BCUT2D eigenvalue weighted by Crippen LogP contribution is 2.15. The van der Waals surface area contributed by atoms with Crippen molar-refractivity contribution in [2.24, 2.45) is 0 Å². The van der Waals surface area contributed by atoms with Crippen LogP contribution in [0.15, 0.2) is 43.0 Å². The average Bonchev–Trinajstić information content (AvgIpc) is 2.47. The van der Waals surface area contributed by atoms with Crippen molar-refractivity contribution in [3.8, 4) is 0 Å². The number of piperidine rings is 1. The van der Waals surface area contributed by atoms with Crippen LogP contribution in [0.3, 0.4) is 0 Å². The fourth-order valence-electron chi connectivity index (χ4n) is 2.04. The molecule has 1 aromatic rings. The molecule has 1 aromatic carbocycles. The third kappa shape index (κ3) is 4.19. The van der Waals surface area contributed by atoms with Gasteiger partial charge < -0.3 is 9.57 Å². The summed E-state index contributed by atoms with van der Waals surface area (Å²) < 4.78 is 5.58. The van der Waals surface area contributed by atoms with Crippen molar-refractivity contribution in [3.63, 3.8) is 0 Å². The van der Waals surface area contributed by atoms with Crippen molar-refractivity contribution in [3.05, 3.63) is 48.6 Å². The van der Waals surface area contributed by atoms with Crippen LogP contribution in [0.5, 0.6) is 0 Å². The minimum absolute atomic E-state index is 0.240. The Kier molecular flexibility index (Phi) is 5.12. The molecule has 1 saturated heterocycles. The molecule has 0 saturated carbocycles. The highest BCUT2D eigenvalue weighted by atomic mass is 16.7. The van der Waals surface area contributed by atoms with Crippen molar-refractivity contribution in [1.82, 2.24) is 5.06 Å². The molecule has 0 unspecified atom stereocenters. The van der Waals surface area contributed by atoms with Crippen LogP contribution in [-0.4, -0.2) is 36.8 Å². The van der Waals surface area contributed by atoms with E-state index in [1.165, 1.54) is 0 Å². The molecule has 1 heterocycles. The molecular formula is C15H19NO3. The minimum Gasteiger partial charge on any atom is -0.374 e. The molecule has 19 heavy (non-hydrogen) atoms. The van der Waals surface area contributed by atoms with Gasteiger partial charge in [-0.05, 0) is 25.0 Å². The van der Waals surface area contributed by atoms with Crippen molar-refractivity contribution < 1.29 is 14.4 Å². The summed E-state index contributed by atoms with van der Waals surface area (Å²) in [6.45, 7) is 5.62. The predicted octanol–water partition coefficient (Wildman–Crippen LogP) is 2.43. The topological polar surface area (TPSA) is 38.8 Å². The second-order valence-electron chi connectivity index (χ2n) is 4.50. The Morgan fingerprint density at radius 3 is 2.63 bits per heavy atom. The third-order valence-corrected chi connectivity index (χ3v) is 3.07. The highest BCUT2D eigenvalue weighted by molar-refractivity contribution is 5.89. The van der Waals surface area contributed by atoms with Crippen LogP contribution in [0, 0.1) is 0 Å². The van der Waals surface area contributed by atoms with E-state index in [0.717, 1.165) is 12.8 Å². The lowest BCUT2D eigenvalue weighted by Gasteiger charge is -2.30. The van der Waals surface area contributed by atoms with Crippen LogP contribution in [0.1, 0.15) is 23.2 Å². The first kappa shape index (κ1) is 13.8. The molecule has 1 aliphatic heterocycles. The average molecular weight is 261 g/mol. The molecule has 0 aliphatic carbocycles. The van der Waals surface area contributed by atoms with Crippen LogP contribution in [0.4, 0.5) is 0 Å². The van der Waals surface area contributed by atoms with Gasteiger partial charge in [-0.15, -0.1) is 11.6 Å². The maximum absolute atomic E-state index is 11.9. The zero-order valence-electron chi connectivity index (χ0n) is 11.0. The number of nitrogens with zero attached hydrogens (tertiary/aromatic N) is 1. The van der Waals surface area contributed by atoms with Crippen LogP contribution in [-0.2, 0) is 9.57 Å². The summed E-state index contributed by atoms with van der Waals surface area (Å²) in [5, 5.41) is 1.71. The first-order chi connectivity index (χ1) is 9.29. The van der Waals surface area contributed by atoms with Gasteiger partial charge in [-0.1, -0.05) is 24.3 Å². The zero-order chi connectivity index (χ0) is 13.5. The summed E-state index contributed by atoms with van der Waals surface area (Å²) in [6.07, 6.45) is 3.73. The van der Waals surface area contributed by atoms with Crippen molar-refractivity contribution >= 4 is 5.97 Å². The quantitative estimate of drug-likeness (QED) is 0.763. The maximum atomic E-state index is 11.9. The number of rotatable bonds is 5. The number of hydrogen-bond acceptors (Lipinski definition) is 4. The monoisotopic (exact) mass is 261 g/mol. The summed E-state index contributed by atoms with van der Waals surface area (Å²) in [4.78, 5) is 17.2. The van der Waals surface area contributed by atoms with E-state index in [-0.39, 0.29) is 12.1 Å². The van der Waals surface area contributed by atoms with Gasteiger partial charge in [-0.3, -0.25) is 0 Å². The minimum atomic E-state index is -0.300. The number of carbonyl (C=O) groups excluding carboxylic acids is 1. The Hall–Kier alpha value is -1.65. The van der Waals surface area contributed by atoms with Crippen molar-refractivity contribution in [1.29, 1.82) is 0 Å². The lowest BCUT2D eigenvalue weighted by atomic mass is 10.1. The lowest BCUT2D eigenvalue weighted by molar-refractivity contribution is -0.138. The summed E-state index contributed by atoms with van der Waals surface area (Å²) >= 11 is 0. The van der Waals surface area contributed by atoms with Crippen LogP contribution >= 0.6 is 0 Å². The van der Waals surface area contributed by atoms with E-state index in [2.05, 4.69) is 6.58 Å². The Labute approximate surface area is 113 Å². The Balaban J connectivity index is 1.76. The van der Waals surface area contributed by atoms with E-state index < -0.39 is 0 Å². The first-order valence-corrected chi connectivity index (χ1v) is 6.54. The Morgan fingerprint density at radius 2 is 2.00 bits per heavy atom. The van der Waals surface area contributed by atoms with Crippen molar-refractivity contribution in [2.45, 2.75) is 18.9 Å². The lowest BCUT2D eigenvalue weighted by Crippen LogP contribution is -2.38. The Bertz CT molecular complexity index is 411. The fourth-order valence-corrected chi connectivity index (χ4v) is 2.04. The summed E-state index contributed by atoms with van der Waals surface area (Å²) in [6, 6.07) is 9.03. The smallest absolute Gasteiger partial charge is 0.357 e. The number of benzene rings is 1. The van der Waals surface area contributed by atoms with Gasteiger partial charge in [0.1, 0.15) is 0 Å². The van der Waals surface area contributed by atoms with Gasteiger partial charge in [-0.2, -0.15) is 0 Å². The molecule has 1 aliphatic rings. The van der Waals surface area contributed by atoms with Crippen LogP contribution in [0.2, 0.25) is 0 Å². The van der Waals surface area contributed by atoms with Crippen molar-refractivity contribution in [2.75, 3.05) is 19.7 Å². The second kappa shape index (κ2) is 7.07. The summed E-state index contributed by atoms with van der Waals surface area (Å²) in [7, 11) is 0. The molecule has 1 fully saturated rings. The van der Waals surface area contributed by atoms with Gasteiger partial charge in [0.25, 0.3) is 0 Å². The standard InChI is InChI=1S/C15H19NO3/c1-2-12-18-14-8-10-16(11-9-14)19-15(17)13-6-4-3-5-7-13/h2-7,14H,1,8-12H2. The normalized spacial score (nSPS) is 17.1. The van der Waals surface area contributed by atoms with E-state index >= 15 is 0 Å². The molecular weight excluding hydrogens is 242 g/mol. The second-order valence-corrected chi connectivity index (χ2v) is 4.50. The van der Waals surface area contributed by atoms with E-state index in [4.69, 9.17) is 9.57 Å². The van der Waals surface area contributed by atoms with Gasteiger partial charge in [0.2, 0.25) is 0 Å².